The quantitative estimate of drug-likeness (QED) is 0.0231. The van der Waals surface area contributed by atoms with Gasteiger partial charge in [-0.2, -0.15) is 23.5 Å². The van der Waals surface area contributed by atoms with Gasteiger partial charge in [0, 0.05) is 81.6 Å². The van der Waals surface area contributed by atoms with Crippen LogP contribution in [0.25, 0.3) is 0 Å². The van der Waals surface area contributed by atoms with Crippen molar-refractivity contribution in [2.24, 2.45) is 86.7 Å². The summed E-state index contributed by atoms with van der Waals surface area (Å²) in [6.45, 7) is 9.48. The first-order valence-electron chi connectivity index (χ1n) is 44.4. The van der Waals surface area contributed by atoms with E-state index < -0.39 is 218 Å². The van der Waals surface area contributed by atoms with Gasteiger partial charge in [0.25, 0.3) is 0 Å². The van der Waals surface area contributed by atoms with Gasteiger partial charge in [-0.25, -0.2) is 0 Å². The number of aliphatic imine (C=N–C) groups is 1. The summed E-state index contributed by atoms with van der Waals surface area (Å²) in [5.74, 6) is -20.2. The third-order valence-electron chi connectivity index (χ3n) is 21.9. The number of hydrogen-bond acceptors (Lipinski definition) is 24. The van der Waals surface area contributed by atoms with Crippen LogP contribution in [0, 0.1) is 47.3 Å². The number of nitrogens with zero attached hydrogens (tertiary/aromatic N) is 1. The summed E-state index contributed by atoms with van der Waals surface area (Å²) < 4.78 is 0. The molecule has 34 nitrogen and oxygen atoms in total. The lowest BCUT2D eigenvalue weighted by molar-refractivity contribution is -0.141. The summed E-state index contributed by atoms with van der Waals surface area (Å²) >= 11 is 2.75. The van der Waals surface area contributed by atoms with Gasteiger partial charge in [-0.1, -0.05) is 130 Å². The first-order chi connectivity index (χ1) is 58.9. The van der Waals surface area contributed by atoms with Crippen LogP contribution in [-0.2, 0) is 83.1 Å². The van der Waals surface area contributed by atoms with Crippen LogP contribution in [0.4, 0.5) is 0 Å². The maximum absolute atomic E-state index is 14.9. The van der Waals surface area contributed by atoms with E-state index in [0.29, 0.717) is 43.4 Å². The van der Waals surface area contributed by atoms with Crippen LogP contribution in [0.15, 0.2) is 29.3 Å². The first-order valence-corrected chi connectivity index (χ1v) is 47.2. The minimum atomic E-state index is -1.69. The molecule has 0 saturated carbocycles. The number of carboxylic acid groups (broad SMARTS) is 1. The van der Waals surface area contributed by atoms with E-state index in [9.17, 15) is 97.1 Å². The predicted molar refractivity (Wildman–Crippen MR) is 480 cm³/mol. The van der Waals surface area contributed by atoms with Crippen LogP contribution < -0.4 is 71.6 Å². The number of Topliss-reactive ketones (excluding diaryl/α,β-unsaturated/α-hetero) is 6. The number of ketones is 6. The van der Waals surface area contributed by atoms with Gasteiger partial charge in [0.15, 0.2) is 40.7 Å². The Morgan fingerprint density at radius 2 is 0.903 bits per heavy atom. The number of hydrogen-bond donors (Lipinski definition) is 17. The largest absolute Gasteiger partial charge is 0.508 e. The van der Waals surface area contributed by atoms with Gasteiger partial charge in [-0.15, -0.1) is 0 Å². The number of amides is 9. The van der Waals surface area contributed by atoms with E-state index in [1.165, 1.54) is 113 Å². The number of carbonyl (C=O) groups excluding carboxylic acids is 15. The van der Waals surface area contributed by atoms with Gasteiger partial charge < -0.3 is 92.0 Å². The molecule has 0 aromatic heterocycles. The highest BCUT2D eigenvalue weighted by Gasteiger charge is 2.39. The standard InChI is InChI=1S/C88H150N14O20S2/c1-9-10-11-12-13-14-15-16-17-18-19-20-21-30-78(113)102-80(56(4)5)76(111)48-60(37-42-123-7)82(117)96-53-65(106)46-62(45-58-31-33-64(105)34-32-58)85(120)99-69(35-36-77(91)112)72(107)47-59(27-22-24-39-89)83(118)97-67(28-23-25-40-90)73(108)49-61(44-55(2)3)84(119)98-68(29-26-41-95-88(93)94)74(109)50-63(54-103)86(121)100-70(38-43-124-8)75(110)51-66(57(6)104)87(122)101-71(81(92)116)52-79(114)115/h31-34,55-57,59-63,66-71,80,103-105H,9-30,35-54,89-90H2,1-8H3,(H2,91,112)(H2,92,116)(H,96,117)(H,97,118)(H,98,119)(H,99,120)(H,100,121)(H,101,122)(H,102,113)(H,114,115)(H4,93,94,95)/t57-,59-,60-,61-,62-,63+,66+,67+,68+,69+,70+,71+,80+/m1/s1. The number of primary amides is 2. The molecule has 0 aliphatic carbocycles. The molecule has 0 heterocycles. The summed E-state index contributed by atoms with van der Waals surface area (Å²) in [6, 6.07) is -2.25. The van der Waals surface area contributed by atoms with Crippen molar-refractivity contribution in [3.05, 3.63) is 29.8 Å². The molecular weight excluding hydrogens is 1640 g/mol. The zero-order valence-corrected chi connectivity index (χ0v) is 76.3. The van der Waals surface area contributed by atoms with Crippen molar-refractivity contribution in [1.29, 1.82) is 0 Å². The van der Waals surface area contributed by atoms with Crippen molar-refractivity contribution in [3.63, 3.8) is 0 Å². The molecule has 0 unspecified atom stereocenters. The molecule has 0 fully saturated rings. The number of rotatable bonds is 76. The third-order valence-corrected chi connectivity index (χ3v) is 23.2. The molecule has 1 aromatic rings. The number of aromatic hydroxyl groups is 1. The van der Waals surface area contributed by atoms with E-state index in [-0.39, 0.29) is 131 Å². The number of guanidine groups is 1. The molecular formula is C88H150N14O20S2. The van der Waals surface area contributed by atoms with Gasteiger partial charge in [0.05, 0.1) is 67.7 Å². The van der Waals surface area contributed by atoms with Crippen LogP contribution >= 0.6 is 23.5 Å². The maximum atomic E-state index is 14.9. The SMILES string of the molecule is CCCCCCCCCCCCCCCC(=O)N[C@H](C(=O)C[C@@H](CCSC)C(=O)NCC(=O)C[C@@H](Cc1ccc(O)cc1)C(=O)N[C@@H](CCC(N)=O)C(=O)C[C@@H](CCCCN)C(=O)N[C@@H](CCCCN)C(=O)C[C@@H](CC(C)C)C(=O)N[C@@H](CCCN=C(N)N)C(=O)C[C@@H](CO)C(=O)N[C@@H](CCSC)C(=O)C[C@H](C(=O)N[C@@H](CC(=O)O)C(N)=O)[C@@H](C)O)C(C)C. The second-order valence-corrected chi connectivity index (χ2v) is 35.5. The number of nitrogens with one attached hydrogen (secondary N) is 7. The van der Waals surface area contributed by atoms with Crippen molar-refractivity contribution in [2.45, 2.75) is 309 Å². The number of unbranched alkanes of at least 4 members (excludes halogenated alkanes) is 14. The molecule has 1 aromatic carbocycles. The Morgan fingerprint density at radius 3 is 1.40 bits per heavy atom. The number of phenols is 1. The number of phenolic OH excluding ortho intramolecular Hbond substituents is 1. The number of aliphatic carboxylic acids is 1. The zero-order chi connectivity index (χ0) is 93.2. The average molecular weight is 1790 g/mol. The predicted octanol–water partition coefficient (Wildman–Crippen LogP) is 5.01. The summed E-state index contributed by atoms with van der Waals surface area (Å²) in [7, 11) is 0. The molecule has 0 aliphatic rings. The molecule has 0 radical (unpaired) electrons. The Kier molecular flexibility index (Phi) is 60.5. The molecule has 124 heavy (non-hydrogen) atoms. The van der Waals surface area contributed by atoms with E-state index in [0.717, 1.165) is 19.3 Å². The summed E-state index contributed by atoms with van der Waals surface area (Å²) in [5.41, 5.74) is 34.4. The fraction of sp³-hybridized carbons (Fsp3) is 0.739. The van der Waals surface area contributed by atoms with Crippen LogP contribution in [-0.4, -0.2) is 219 Å². The molecule has 704 valence electrons. The minimum absolute atomic E-state index is 0.0174. The second kappa shape index (κ2) is 66.0. The van der Waals surface area contributed by atoms with Gasteiger partial charge in [-0.3, -0.25) is 81.7 Å². The van der Waals surface area contributed by atoms with Crippen molar-refractivity contribution >= 4 is 123 Å². The molecule has 0 saturated heterocycles. The molecule has 0 aliphatic heterocycles. The average Bonchev–Trinajstić information content (AvgIpc) is 0.859. The minimum Gasteiger partial charge on any atom is -0.508 e. The number of aliphatic hydroxyl groups excluding tert-OH is 2. The molecule has 23 N–H and O–H groups in total. The number of benzene rings is 1. The van der Waals surface area contributed by atoms with E-state index in [1.54, 1.807) is 20.1 Å². The van der Waals surface area contributed by atoms with Crippen molar-refractivity contribution in [1.82, 2.24) is 37.2 Å². The lowest BCUT2D eigenvalue weighted by Crippen LogP contribution is -2.51. The molecule has 0 bridgehead atoms. The number of nitrogens with two attached hydrogens (primary N) is 6. The monoisotopic (exact) mass is 1790 g/mol. The molecule has 13 atom stereocenters. The van der Waals surface area contributed by atoms with E-state index in [4.69, 9.17) is 34.4 Å². The van der Waals surface area contributed by atoms with Crippen molar-refractivity contribution in [2.75, 3.05) is 56.8 Å². The van der Waals surface area contributed by atoms with Crippen LogP contribution in [0.2, 0.25) is 0 Å². The lowest BCUT2D eigenvalue weighted by Gasteiger charge is -2.27. The smallest absolute Gasteiger partial charge is 0.305 e. The summed E-state index contributed by atoms with van der Waals surface area (Å²) in [5, 5.41) is 59.3. The Labute approximate surface area is 741 Å². The molecule has 0 spiro atoms. The van der Waals surface area contributed by atoms with E-state index in [2.05, 4.69) is 49.1 Å². The van der Waals surface area contributed by atoms with Gasteiger partial charge in [-0.05, 0) is 157 Å². The third kappa shape index (κ3) is 50.0. The molecule has 9 amide bonds. The number of aliphatic hydroxyl groups is 2. The second-order valence-electron chi connectivity index (χ2n) is 33.5. The Hall–Kier alpha value is -8.45. The highest BCUT2D eigenvalue weighted by Crippen LogP contribution is 2.26. The molecule has 36 heteroatoms. The fourth-order valence-corrected chi connectivity index (χ4v) is 15.5. The van der Waals surface area contributed by atoms with E-state index >= 15 is 0 Å². The lowest BCUT2D eigenvalue weighted by atomic mass is 9.87. The van der Waals surface area contributed by atoms with Crippen LogP contribution in [0.5, 0.6) is 5.75 Å². The Balaban J connectivity index is 3.63. The van der Waals surface area contributed by atoms with Crippen LogP contribution in [0.3, 0.4) is 0 Å². The van der Waals surface area contributed by atoms with Gasteiger partial charge >= 0.3 is 5.97 Å². The highest BCUT2D eigenvalue weighted by molar-refractivity contribution is 7.98. The maximum Gasteiger partial charge on any atom is 0.305 e. The van der Waals surface area contributed by atoms with Gasteiger partial charge in [0.1, 0.15) is 11.8 Å². The number of carboxylic acids is 1. The first kappa shape index (κ1) is 114. The van der Waals surface area contributed by atoms with Crippen LogP contribution in [0.1, 0.15) is 265 Å². The number of thioether (sulfide) groups is 2. The normalized spacial score (nSPS) is 14.5. The van der Waals surface area contributed by atoms with Crippen molar-refractivity contribution < 1.29 is 97.1 Å². The Morgan fingerprint density at radius 1 is 0.452 bits per heavy atom. The summed E-state index contributed by atoms with van der Waals surface area (Å²) in [6.07, 6.45) is 14.1. The van der Waals surface area contributed by atoms with Gasteiger partial charge in [0.2, 0.25) is 53.2 Å². The summed E-state index contributed by atoms with van der Waals surface area (Å²) in [4.78, 5) is 225. The van der Waals surface area contributed by atoms with E-state index in [1.807, 2.05) is 20.1 Å². The fourth-order valence-electron chi connectivity index (χ4n) is 14.5. The Bertz CT molecular complexity index is 3490. The van der Waals surface area contributed by atoms with Crippen molar-refractivity contribution in [3.8, 4) is 5.75 Å². The highest BCUT2D eigenvalue weighted by atomic mass is 32.2. The molecule has 1 rings (SSSR count). The number of carbonyl (C=O) groups is 16. The zero-order valence-electron chi connectivity index (χ0n) is 74.7. The topological polar surface area (TPSA) is 607 Å².